The second-order valence-corrected chi connectivity index (χ2v) is 7.94. The van der Waals surface area contributed by atoms with Gasteiger partial charge in [-0.15, -0.1) is 0 Å². The zero-order valence-electron chi connectivity index (χ0n) is 17.9. The van der Waals surface area contributed by atoms with Crippen LogP contribution in [0.5, 0.6) is 5.75 Å². The van der Waals surface area contributed by atoms with Crippen molar-refractivity contribution in [1.29, 1.82) is 0 Å². The molecule has 0 radical (unpaired) electrons. The summed E-state index contributed by atoms with van der Waals surface area (Å²) in [6.45, 7) is 3.52. The summed E-state index contributed by atoms with van der Waals surface area (Å²) in [4.78, 5) is 13.2. The van der Waals surface area contributed by atoms with E-state index in [0.29, 0.717) is 50.4 Å². The zero-order chi connectivity index (χ0) is 21.6. The molecule has 0 bridgehead atoms. The number of rotatable bonds is 8. The Balaban J connectivity index is 1.88. The number of hydrogen-bond acceptors (Lipinski definition) is 4. The van der Waals surface area contributed by atoms with E-state index in [1.165, 1.54) is 12.1 Å². The summed E-state index contributed by atoms with van der Waals surface area (Å²) in [5.74, 6) is 0.327. The molecule has 0 spiro atoms. The van der Waals surface area contributed by atoms with Crippen molar-refractivity contribution >= 4 is 5.91 Å². The summed E-state index contributed by atoms with van der Waals surface area (Å²) in [7, 11) is 3.20. The first-order valence-corrected chi connectivity index (χ1v) is 10.3. The Hall–Kier alpha value is -2.44. The third-order valence-corrected chi connectivity index (χ3v) is 5.67. The van der Waals surface area contributed by atoms with Crippen molar-refractivity contribution in [2.75, 3.05) is 34.0 Å². The Kier molecular flexibility index (Phi) is 7.45. The van der Waals surface area contributed by atoms with Crippen LogP contribution in [0, 0.1) is 11.2 Å². The van der Waals surface area contributed by atoms with Crippen molar-refractivity contribution in [2.45, 2.75) is 32.2 Å². The molecule has 1 heterocycles. The lowest BCUT2D eigenvalue weighted by Crippen LogP contribution is -2.49. The number of nitrogens with one attached hydrogen (secondary N) is 1. The SMILES string of the molecule is COCC(C)NC(=O)C1(Cc2cccc(-c3cc(F)ccc3OC)c2)CCOCC1. The van der Waals surface area contributed by atoms with Gasteiger partial charge in [0.05, 0.1) is 19.1 Å². The van der Waals surface area contributed by atoms with Crippen LogP contribution in [0.1, 0.15) is 25.3 Å². The summed E-state index contributed by atoms with van der Waals surface area (Å²) in [6.07, 6.45) is 1.91. The number of benzene rings is 2. The van der Waals surface area contributed by atoms with Crippen molar-refractivity contribution in [1.82, 2.24) is 5.32 Å². The van der Waals surface area contributed by atoms with Crippen LogP contribution < -0.4 is 10.1 Å². The third-order valence-electron chi connectivity index (χ3n) is 5.67. The molecule has 1 atom stereocenters. The molecule has 0 aromatic heterocycles. The Morgan fingerprint density at radius 3 is 2.67 bits per heavy atom. The summed E-state index contributed by atoms with van der Waals surface area (Å²) in [6, 6.07) is 12.3. The van der Waals surface area contributed by atoms with Gasteiger partial charge < -0.3 is 19.5 Å². The fourth-order valence-corrected chi connectivity index (χ4v) is 4.06. The topological polar surface area (TPSA) is 56.8 Å². The quantitative estimate of drug-likeness (QED) is 0.708. The molecule has 162 valence electrons. The molecule has 1 saturated heterocycles. The molecular formula is C24H30FNO4. The molecule has 1 N–H and O–H groups in total. The highest BCUT2D eigenvalue weighted by Gasteiger charge is 2.40. The van der Waals surface area contributed by atoms with Crippen LogP contribution in [0.4, 0.5) is 4.39 Å². The van der Waals surface area contributed by atoms with Crippen LogP contribution in [0.25, 0.3) is 11.1 Å². The largest absolute Gasteiger partial charge is 0.496 e. The van der Waals surface area contributed by atoms with Gasteiger partial charge in [-0.05, 0) is 55.5 Å². The van der Waals surface area contributed by atoms with Crippen LogP contribution in [-0.2, 0) is 20.7 Å². The van der Waals surface area contributed by atoms with Crippen LogP contribution in [0.3, 0.4) is 0 Å². The first-order valence-electron chi connectivity index (χ1n) is 10.3. The lowest BCUT2D eigenvalue weighted by molar-refractivity contribution is -0.137. The van der Waals surface area contributed by atoms with E-state index in [2.05, 4.69) is 5.32 Å². The van der Waals surface area contributed by atoms with E-state index in [4.69, 9.17) is 14.2 Å². The number of carbonyl (C=O) groups is 1. The number of hydrogen-bond donors (Lipinski definition) is 1. The highest BCUT2D eigenvalue weighted by molar-refractivity contribution is 5.83. The van der Waals surface area contributed by atoms with Crippen molar-refractivity contribution in [3.05, 3.63) is 53.8 Å². The summed E-state index contributed by atoms with van der Waals surface area (Å²) in [5, 5.41) is 3.09. The monoisotopic (exact) mass is 415 g/mol. The van der Waals surface area contributed by atoms with Crippen molar-refractivity contribution in [3.63, 3.8) is 0 Å². The fourth-order valence-electron chi connectivity index (χ4n) is 4.06. The van der Waals surface area contributed by atoms with Crippen molar-refractivity contribution in [2.24, 2.45) is 5.41 Å². The number of carbonyl (C=O) groups excluding carboxylic acids is 1. The van der Waals surface area contributed by atoms with Gasteiger partial charge in [0.2, 0.25) is 5.91 Å². The maximum Gasteiger partial charge on any atom is 0.227 e. The van der Waals surface area contributed by atoms with Gasteiger partial charge in [0, 0.05) is 31.9 Å². The molecule has 0 saturated carbocycles. The standard InChI is InChI=1S/C24H30FNO4/c1-17(16-28-2)26-23(27)24(9-11-30-12-10-24)15-18-5-4-6-19(13-18)21-14-20(25)7-8-22(21)29-3/h4-8,13-14,17H,9-12,15-16H2,1-3H3,(H,26,27). The molecule has 6 heteroatoms. The van der Waals surface area contributed by atoms with Crippen molar-refractivity contribution < 1.29 is 23.4 Å². The Morgan fingerprint density at radius 2 is 1.97 bits per heavy atom. The minimum Gasteiger partial charge on any atom is -0.496 e. The van der Waals surface area contributed by atoms with Gasteiger partial charge >= 0.3 is 0 Å². The Morgan fingerprint density at radius 1 is 1.20 bits per heavy atom. The minimum absolute atomic E-state index is 0.0316. The summed E-state index contributed by atoms with van der Waals surface area (Å²) >= 11 is 0. The lowest BCUT2D eigenvalue weighted by atomic mass is 9.74. The molecule has 1 amide bonds. The van der Waals surface area contributed by atoms with Gasteiger partial charge in [-0.25, -0.2) is 4.39 Å². The summed E-state index contributed by atoms with van der Waals surface area (Å²) in [5.41, 5.74) is 2.04. The van der Waals surface area contributed by atoms with E-state index in [0.717, 1.165) is 11.1 Å². The highest BCUT2D eigenvalue weighted by Crippen LogP contribution is 2.37. The molecule has 3 rings (SSSR count). The molecule has 30 heavy (non-hydrogen) atoms. The van der Waals surface area contributed by atoms with E-state index >= 15 is 0 Å². The molecule has 2 aromatic carbocycles. The predicted molar refractivity (Wildman–Crippen MR) is 114 cm³/mol. The lowest BCUT2D eigenvalue weighted by Gasteiger charge is -2.37. The Bertz CT molecular complexity index is 864. The van der Waals surface area contributed by atoms with Crippen molar-refractivity contribution in [3.8, 4) is 16.9 Å². The van der Waals surface area contributed by atoms with E-state index in [-0.39, 0.29) is 17.8 Å². The first-order chi connectivity index (χ1) is 14.5. The van der Waals surface area contributed by atoms with Gasteiger partial charge in [-0.3, -0.25) is 4.79 Å². The molecule has 2 aromatic rings. The van der Waals surface area contributed by atoms with Crippen LogP contribution in [-0.4, -0.2) is 46.0 Å². The Labute approximate surface area is 177 Å². The third kappa shape index (κ3) is 5.18. The van der Waals surface area contributed by atoms with Gasteiger partial charge in [0.25, 0.3) is 0 Å². The van der Waals surface area contributed by atoms with E-state index in [9.17, 15) is 9.18 Å². The van der Waals surface area contributed by atoms with Gasteiger partial charge in [-0.1, -0.05) is 24.3 Å². The summed E-state index contributed by atoms with van der Waals surface area (Å²) < 4.78 is 30.0. The number of methoxy groups -OCH3 is 2. The molecular weight excluding hydrogens is 385 g/mol. The van der Waals surface area contributed by atoms with E-state index < -0.39 is 5.41 Å². The fraction of sp³-hybridized carbons (Fsp3) is 0.458. The van der Waals surface area contributed by atoms with Gasteiger partial charge in [-0.2, -0.15) is 0 Å². The van der Waals surface area contributed by atoms with Gasteiger partial charge in [0.1, 0.15) is 11.6 Å². The van der Waals surface area contributed by atoms with E-state index in [1.807, 2.05) is 31.2 Å². The van der Waals surface area contributed by atoms with Gasteiger partial charge in [0.15, 0.2) is 0 Å². The maximum absolute atomic E-state index is 13.9. The molecule has 1 fully saturated rings. The maximum atomic E-state index is 13.9. The minimum atomic E-state index is -0.537. The number of amides is 1. The average Bonchev–Trinajstić information content (AvgIpc) is 2.74. The molecule has 1 aliphatic heterocycles. The number of ether oxygens (including phenoxy) is 3. The van der Waals surface area contributed by atoms with Crippen LogP contribution in [0.15, 0.2) is 42.5 Å². The highest BCUT2D eigenvalue weighted by atomic mass is 19.1. The number of halogens is 1. The average molecular weight is 416 g/mol. The molecule has 1 aliphatic rings. The van der Waals surface area contributed by atoms with Crippen LogP contribution in [0.2, 0.25) is 0 Å². The van der Waals surface area contributed by atoms with Crippen LogP contribution >= 0.6 is 0 Å². The molecule has 1 unspecified atom stereocenters. The second-order valence-electron chi connectivity index (χ2n) is 7.94. The smallest absolute Gasteiger partial charge is 0.227 e. The first kappa shape index (κ1) is 22.2. The normalized spacial score (nSPS) is 16.7. The second kappa shape index (κ2) is 10.0. The predicted octanol–water partition coefficient (Wildman–Crippen LogP) is 3.99. The van der Waals surface area contributed by atoms with E-state index in [1.54, 1.807) is 20.3 Å². The molecule has 5 nitrogen and oxygen atoms in total. The zero-order valence-corrected chi connectivity index (χ0v) is 17.9. The molecule has 0 aliphatic carbocycles.